The Bertz CT molecular complexity index is 1970. The van der Waals surface area contributed by atoms with Gasteiger partial charge in [0.25, 0.3) is 0 Å². The number of nitrogens with one attached hydrogen (secondary N) is 8. The maximum atomic E-state index is 14.3. The smallest absolute Gasteiger partial charge is 0.246 e. The number of primary amides is 1. The van der Waals surface area contributed by atoms with Crippen LogP contribution in [0.15, 0.2) is 41.8 Å². The number of carbonyl (C=O) groups excluding carboxylic acids is 8. The summed E-state index contributed by atoms with van der Waals surface area (Å²) in [6.45, 7) is 8.46. The number of hydrogen-bond acceptors (Lipinski definition) is 12. The van der Waals surface area contributed by atoms with Crippen molar-refractivity contribution in [2.45, 2.75) is 115 Å². The average molecular weight is 911 g/mol. The number of nitrogens with two attached hydrogens (primary N) is 3. The predicted molar refractivity (Wildman–Crippen MR) is 239 cm³/mol. The van der Waals surface area contributed by atoms with E-state index in [2.05, 4.69) is 52.2 Å². The summed E-state index contributed by atoms with van der Waals surface area (Å²) >= 11 is 0. The lowest BCUT2D eigenvalue weighted by Crippen LogP contribution is -2.61. The zero-order valence-electron chi connectivity index (χ0n) is 37.8. The van der Waals surface area contributed by atoms with Crippen LogP contribution >= 0.6 is 0 Å². The van der Waals surface area contributed by atoms with Gasteiger partial charge in [0.05, 0.1) is 12.9 Å². The Morgan fingerprint density at radius 1 is 0.800 bits per heavy atom. The molecule has 0 aliphatic carbocycles. The Labute approximate surface area is 378 Å². The first-order valence-corrected chi connectivity index (χ1v) is 21.6. The first kappa shape index (κ1) is 52.6. The molecule has 7 atom stereocenters. The van der Waals surface area contributed by atoms with Crippen molar-refractivity contribution < 1.29 is 43.5 Å². The van der Waals surface area contributed by atoms with Crippen LogP contribution in [0.4, 0.5) is 0 Å². The first-order valence-electron chi connectivity index (χ1n) is 21.6. The maximum absolute atomic E-state index is 14.3. The van der Waals surface area contributed by atoms with Crippen molar-refractivity contribution in [3.8, 4) is 5.75 Å². The van der Waals surface area contributed by atoms with E-state index in [9.17, 15) is 43.5 Å². The molecule has 0 unspecified atom stereocenters. The molecule has 2 heterocycles. The third kappa shape index (κ3) is 16.7. The number of imidazole rings is 1. The number of nitrogens with zero attached hydrogens (tertiary/aromatic N) is 3. The van der Waals surface area contributed by atoms with Crippen LogP contribution in [0.3, 0.4) is 0 Å². The molecule has 23 nitrogen and oxygen atoms in total. The summed E-state index contributed by atoms with van der Waals surface area (Å²) in [4.78, 5) is 120. The van der Waals surface area contributed by atoms with E-state index in [1.54, 1.807) is 46.9 Å². The van der Waals surface area contributed by atoms with Crippen LogP contribution in [0.5, 0.6) is 5.75 Å². The zero-order valence-corrected chi connectivity index (χ0v) is 37.8. The van der Waals surface area contributed by atoms with E-state index in [1.165, 1.54) is 36.5 Å². The third-order valence-corrected chi connectivity index (χ3v) is 10.7. The lowest BCUT2D eigenvalue weighted by Gasteiger charge is -2.31. The molecule has 3 rings (SSSR count). The normalized spacial score (nSPS) is 16.2. The molecular formula is C42H66N14O9. The van der Waals surface area contributed by atoms with Gasteiger partial charge in [-0.05, 0) is 69.2 Å². The van der Waals surface area contributed by atoms with Crippen molar-refractivity contribution in [1.29, 1.82) is 0 Å². The topological polar surface area (TPSA) is 363 Å². The molecule has 1 aliphatic heterocycles. The predicted octanol–water partition coefficient (Wildman–Crippen LogP) is -3.11. The standard InChI is InChI=1S/C42H66N14O9/c1-22(2)33(54-36(60)28(51-32(58)20-46-6)9-7-15-48-42(44)45)39(63)52-29(17-25-11-13-27(57)14-12-25)37(61)55-34(23(3)4)40(64)53-30(18-26-19-47-21-49-26)41(65)56-16-8-10-31(56)38(62)50-24(5)35(43)59/h11-14,19,21-24,28-31,33-34,46,57H,7-10,15-18,20H2,1-6H3,(H2,43,59)(H,47,49)(H,50,62)(H,51,58)(H,52,63)(H,53,64)(H,54,60)(H,55,61)(H4,44,45,48)/t24-,28-,29-,30-,31-,33-,34-/m0/s1. The lowest BCUT2D eigenvalue weighted by molar-refractivity contribution is -0.142. The second kappa shape index (κ2) is 25.5. The third-order valence-electron chi connectivity index (χ3n) is 10.7. The van der Waals surface area contributed by atoms with E-state index >= 15 is 0 Å². The summed E-state index contributed by atoms with van der Waals surface area (Å²) in [5.74, 6) is -6.52. The van der Waals surface area contributed by atoms with E-state index < -0.39 is 101 Å². The Morgan fingerprint density at radius 2 is 1.40 bits per heavy atom. The van der Waals surface area contributed by atoms with Crippen molar-refractivity contribution in [3.63, 3.8) is 0 Å². The summed E-state index contributed by atoms with van der Waals surface area (Å²) in [6.07, 6.45) is 3.97. The number of aromatic hydroxyl groups is 1. The first-order chi connectivity index (χ1) is 30.7. The molecular weight excluding hydrogens is 845 g/mol. The number of rotatable bonds is 25. The number of benzene rings is 1. The molecule has 1 fully saturated rings. The van der Waals surface area contributed by atoms with Crippen LogP contribution in [0.2, 0.25) is 0 Å². The number of likely N-dealkylation sites (tertiary alicyclic amines) is 1. The second-order valence-corrected chi connectivity index (χ2v) is 16.7. The molecule has 358 valence electrons. The molecule has 1 aliphatic rings. The minimum atomic E-state index is -1.33. The fourth-order valence-electron chi connectivity index (χ4n) is 7.06. The Kier molecular flexibility index (Phi) is 20.6. The number of amides is 8. The molecule has 2 aromatic rings. The van der Waals surface area contributed by atoms with E-state index in [1.807, 2.05) is 0 Å². The van der Waals surface area contributed by atoms with Gasteiger partial charge in [-0.15, -0.1) is 0 Å². The maximum Gasteiger partial charge on any atom is 0.246 e. The van der Waals surface area contributed by atoms with Crippen LogP contribution in [-0.2, 0) is 51.2 Å². The van der Waals surface area contributed by atoms with Crippen LogP contribution in [0, 0.1) is 11.8 Å². The van der Waals surface area contributed by atoms with Gasteiger partial charge in [-0.3, -0.25) is 43.3 Å². The summed E-state index contributed by atoms with van der Waals surface area (Å²) in [5.41, 5.74) is 17.2. The van der Waals surface area contributed by atoms with E-state index in [0.717, 1.165) is 0 Å². The number of phenols is 1. The SMILES string of the molecule is CNCC(=O)N[C@@H](CCCN=C(N)N)C(=O)N[C@H](C(=O)N[C@@H](Cc1ccc(O)cc1)C(=O)N[C@H](C(=O)N[C@@H](Cc1cnc[nH]1)C(=O)N1CCC[C@H]1C(=O)N[C@@H](C)C(N)=O)C(C)C)C(C)C. The van der Waals surface area contributed by atoms with Crippen molar-refractivity contribution in [2.24, 2.45) is 34.0 Å². The quantitative estimate of drug-likeness (QED) is 0.0267. The highest BCUT2D eigenvalue weighted by Crippen LogP contribution is 2.20. The van der Waals surface area contributed by atoms with Gasteiger partial charge in [0, 0.05) is 37.8 Å². The van der Waals surface area contributed by atoms with Gasteiger partial charge in [0.1, 0.15) is 48.0 Å². The van der Waals surface area contributed by atoms with Crippen LogP contribution in [0.25, 0.3) is 0 Å². The fraction of sp³-hybridized carbons (Fsp3) is 0.571. The molecule has 0 saturated carbocycles. The highest BCUT2D eigenvalue weighted by molar-refractivity contribution is 5.98. The number of aromatic amines is 1. The molecule has 0 radical (unpaired) electrons. The van der Waals surface area contributed by atoms with Gasteiger partial charge >= 0.3 is 0 Å². The van der Waals surface area contributed by atoms with Gasteiger partial charge in [0.2, 0.25) is 47.3 Å². The van der Waals surface area contributed by atoms with Crippen LogP contribution < -0.4 is 54.4 Å². The number of hydrogen-bond donors (Lipinski definition) is 12. The van der Waals surface area contributed by atoms with E-state index in [-0.39, 0.29) is 50.6 Å². The number of guanidine groups is 1. The van der Waals surface area contributed by atoms with E-state index in [4.69, 9.17) is 17.2 Å². The zero-order chi connectivity index (χ0) is 48.4. The lowest BCUT2D eigenvalue weighted by atomic mass is 9.98. The monoisotopic (exact) mass is 911 g/mol. The molecule has 8 amide bonds. The summed E-state index contributed by atoms with van der Waals surface area (Å²) < 4.78 is 0. The Balaban J connectivity index is 1.88. The fourth-order valence-corrected chi connectivity index (χ4v) is 7.06. The summed E-state index contributed by atoms with van der Waals surface area (Å²) in [7, 11) is 1.57. The summed E-state index contributed by atoms with van der Waals surface area (Å²) in [5, 5.41) is 28.8. The molecule has 0 spiro atoms. The number of likely N-dealkylation sites (N-methyl/N-ethyl adjacent to an activating group) is 1. The van der Waals surface area contributed by atoms with Crippen molar-refractivity contribution >= 4 is 53.2 Å². The van der Waals surface area contributed by atoms with E-state index in [0.29, 0.717) is 30.5 Å². The number of aromatic nitrogens is 2. The molecule has 0 bridgehead atoms. The molecule has 1 aromatic heterocycles. The highest BCUT2D eigenvalue weighted by Gasteiger charge is 2.40. The van der Waals surface area contributed by atoms with Gasteiger partial charge in [-0.1, -0.05) is 39.8 Å². The highest BCUT2D eigenvalue weighted by atomic mass is 16.3. The second-order valence-electron chi connectivity index (χ2n) is 16.7. The number of aliphatic imine (C=N–C) groups is 1. The largest absolute Gasteiger partial charge is 0.508 e. The summed E-state index contributed by atoms with van der Waals surface area (Å²) in [6, 6.07) is -2.07. The van der Waals surface area contributed by atoms with Gasteiger partial charge in [0.15, 0.2) is 5.96 Å². The van der Waals surface area contributed by atoms with Crippen molar-refractivity contribution in [1.82, 2.24) is 52.1 Å². The van der Waals surface area contributed by atoms with Crippen LogP contribution in [-0.4, -0.2) is 142 Å². The molecule has 15 N–H and O–H groups in total. The van der Waals surface area contributed by atoms with Crippen molar-refractivity contribution in [3.05, 3.63) is 48.0 Å². The van der Waals surface area contributed by atoms with Crippen molar-refractivity contribution in [2.75, 3.05) is 26.7 Å². The Hall–Kier alpha value is -6.78. The number of H-pyrrole nitrogens is 1. The van der Waals surface area contributed by atoms with Gasteiger partial charge in [-0.2, -0.15) is 0 Å². The van der Waals surface area contributed by atoms with Crippen LogP contribution in [0.1, 0.15) is 71.6 Å². The molecule has 23 heteroatoms. The number of phenolic OH excluding ortho intramolecular Hbond substituents is 1. The molecule has 1 aromatic carbocycles. The average Bonchev–Trinajstić information content (AvgIpc) is 3.95. The van der Waals surface area contributed by atoms with Gasteiger partial charge < -0.3 is 69.4 Å². The van der Waals surface area contributed by atoms with Gasteiger partial charge in [-0.25, -0.2) is 4.98 Å². The minimum Gasteiger partial charge on any atom is -0.508 e. The number of carbonyl (C=O) groups is 8. The molecule has 1 saturated heterocycles. The molecule has 65 heavy (non-hydrogen) atoms. The minimum absolute atomic E-state index is 0.0343. The Morgan fingerprint density at radius 3 is 1.94 bits per heavy atom.